The summed E-state index contributed by atoms with van der Waals surface area (Å²) in [4.78, 5) is 13.9. The molecule has 0 aliphatic carbocycles. The van der Waals surface area contributed by atoms with Crippen LogP contribution in [0.1, 0.15) is 33.6 Å². The van der Waals surface area contributed by atoms with Crippen molar-refractivity contribution in [3.8, 4) is 0 Å². The van der Waals surface area contributed by atoms with Crippen LogP contribution in [0.5, 0.6) is 0 Å². The third-order valence-electron chi connectivity index (χ3n) is 3.36. The molecule has 4 heteroatoms. The van der Waals surface area contributed by atoms with E-state index in [9.17, 15) is 4.79 Å². The van der Waals surface area contributed by atoms with Crippen LogP contribution in [-0.2, 0) is 9.53 Å². The molecule has 1 aliphatic heterocycles. The molecule has 1 heterocycles. The van der Waals surface area contributed by atoms with E-state index in [1.807, 2.05) is 27.8 Å². The fourth-order valence-corrected chi connectivity index (χ4v) is 2.04. The Kier molecular flexibility index (Phi) is 4.95. The summed E-state index contributed by atoms with van der Waals surface area (Å²) in [6, 6.07) is -0.433. The molecule has 1 rings (SSSR count). The Balaban J connectivity index is 2.46. The maximum atomic E-state index is 12.1. The Hall–Kier alpha value is -0.610. The van der Waals surface area contributed by atoms with Crippen LogP contribution in [0.25, 0.3) is 0 Å². The van der Waals surface area contributed by atoms with Gasteiger partial charge in [0, 0.05) is 20.2 Å². The summed E-state index contributed by atoms with van der Waals surface area (Å²) in [6.07, 6.45) is 2.24. The second-order valence-corrected chi connectivity index (χ2v) is 6.15. The largest absolute Gasteiger partial charge is 0.381 e. The highest BCUT2D eigenvalue weighted by molar-refractivity contribution is 5.82. The van der Waals surface area contributed by atoms with Crippen LogP contribution in [0.15, 0.2) is 0 Å². The van der Waals surface area contributed by atoms with Crippen LogP contribution in [0, 0.1) is 11.3 Å². The number of nitrogens with zero attached hydrogens (tertiary/aromatic N) is 1. The van der Waals surface area contributed by atoms with Crippen molar-refractivity contribution >= 4 is 5.91 Å². The molecule has 2 N–H and O–H groups in total. The number of amides is 1. The van der Waals surface area contributed by atoms with Gasteiger partial charge in [-0.25, -0.2) is 0 Å². The predicted octanol–water partition coefficient (Wildman–Crippen LogP) is 1.24. The molecule has 2 atom stereocenters. The Morgan fingerprint density at radius 1 is 1.53 bits per heavy atom. The highest BCUT2D eigenvalue weighted by Gasteiger charge is 2.30. The number of rotatable bonds is 3. The zero-order valence-electron chi connectivity index (χ0n) is 11.5. The van der Waals surface area contributed by atoms with Crippen LogP contribution in [0.2, 0.25) is 0 Å². The Morgan fingerprint density at radius 3 is 2.65 bits per heavy atom. The highest BCUT2D eigenvalue weighted by atomic mass is 16.5. The van der Waals surface area contributed by atoms with Crippen LogP contribution < -0.4 is 5.73 Å². The van der Waals surface area contributed by atoms with E-state index in [-0.39, 0.29) is 11.3 Å². The lowest BCUT2D eigenvalue weighted by molar-refractivity contribution is -0.134. The van der Waals surface area contributed by atoms with Crippen molar-refractivity contribution in [1.29, 1.82) is 0 Å². The molecular formula is C13H26N2O2. The van der Waals surface area contributed by atoms with Gasteiger partial charge in [0.15, 0.2) is 0 Å². The van der Waals surface area contributed by atoms with Gasteiger partial charge in [0.1, 0.15) is 0 Å². The third kappa shape index (κ3) is 4.28. The van der Waals surface area contributed by atoms with E-state index in [1.54, 1.807) is 4.90 Å². The second kappa shape index (κ2) is 5.83. The van der Waals surface area contributed by atoms with E-state index in [0.717, 1.165) is 32.6 Å². The Bertz CT molecular complexity index is 255. The molecule has 1 amide bonds. The summed E-state index contributed by atoms with van der Waals surface area (Å²) >= 11 is 0. The van der Waals surface area contributed by atoms with Gasteiger partial charge in [-0.1, -0.05) is 20.8 Å². The SMILES string of the molecule is CN(CC1CCCOC1)C(=O)C(N)C(C)(C)C. The molecule has 1 saturated heterocycles. The fraction of sp³-hybridized carbons (Fsp3) is 0.923. The summed E-state index contributed by atoms with van der Waals surface area (Å²) < 4.78 is 5.42. The van der Waals surface area contributed by atoms with Crippen LogP contribution in [0.4, 0.5) is 0 Å². The van der Waals surface area contributed by atoms with Gasteiger partial charge in [-0.2, -0.15) is 0 Å². The van der Waals surface area contributed by atoms with Gasteiger partial charge >= 0.3 is 0 Å². The molecule has 0 aromatic rings. The fourth-order valence-electron chi connectivity index (χ4n) is 2.04. The molecule has 0 radical (unpaired) electrons. The molecule has 0 saturated carbocycles. The molecule has 0 aromatic heterocycles. The van der Waals surface area contributed by atoms with E-state index in [2.05, 4.69) is 0 Å². The standard InChI is InChI=1S/C13H26N2O2/c1-13(2,3)11(14)12(16)15(4)8-10-6-5-7-17-9-10/h10-11H,5-9,14H2,1-4H3. The highest BCUT2D eigenvalue weighted by Crippen LogP contribution is 2.20. The maximum absolute atomic E-state index is 12.1. The van der Waals surface area contributed by atoms with Gasteiger partial charge in [-0.15, -0.1) is 0 Å². The maximum Gasteiger partial charge on any atom is 0.239 e. The minimum Gasteiger partial charge on any atom is -0.381 e. The van der Waals surface area contributed by atoms with Crippen molar-refractivity contribution in [2.45, 2.75) is 39.7 Å². The van der Waals surface area contributed by atoms with Crippen molar-refractivity contribution in [3.05, 3.63) is 0 Å². The summed E-state index contributed by atoms with van der Waals surface area (Å²) in [5.41, 5.74) is 5.79. The molecule has 17 heavy (non-hydrogen) atoms. The van der Waals surface area contributed by atoms with Crippen LogP contribution >= 0.6 is 0 Å². The quantitative estimate of drug-likeness (QED) is 0.810. The summed E-state index contributed by atoms with van der Waals surface area (Å²) in [7, 11) is 1.84. The minimum absolute atomic E-state index is 0.0306. The first-order chi connectivity index (χ1) is 7.82. The van der Waals surface area contributed by atoms with E-state index >= 15 is 0 Å². The van der Waals surface area contributed by atoms with Crippen molar-refractivity contribution in [3.63, 3.8) is 0 Å². The molecule has 0 bridgehead atoms. The second-order valence-electron chi connectivity index (χ2n) is 6.15. The lowest BCUT2D eigenvalue weighted by Crippen LogP contribution is -2.50. The molecule has 2 unspecified atom stereocenters. The number of hydrogen-bond donors (Lipinski definition) is 1. The Morgan fingerprint density at radius 2 is 2.18 bits per heavy atom. The van der Waals surface area contributed by atoms with Gasteiger partial charge in [0.05, 0.1) is 12.6 Å². The van der Waals surface area contributed by atoms with Gasteiger partial charge in [0.2, 0.25) is 5.91 Å². The average Bonchev–Trinajstić information content (AvgIpc) is 2.27. The van der Waals surface area contributed by atoms with E-state index in [0.29, 0.717) is 5.92 Å². The van der Waals surface area contributed by atoms with E-state index in [1.165, 1.54) is 0 Å². The van der Waals surface area contributed by atoms with Gasteiger partial charge < -0.3 is 15.4 Å². The number of likely N-dealkylation sites (N-methyl/N-ethyl adjacent to an activating group) is 1. The van der Waals surface area contributed by atoms with Gasteiger partial charge in [0.25, 0.3) is 0 Å². The summed E-state index contributed by atoms with van der Waals surface area (Å²) in [6.45, 7) is 8.36. The van der Waals surface area contributed by atoms with Crippen molar-refractivity contribution < 1.29 is 9.53 Å². The first kappa shape index (κ1) is 14.5. The number of carbonyl (C=O) groups is 1. The smallest absolute Gasteiger partial charge is 0.239 e. The third-order valence-corrected chi connectivity index (χ3v) is 3.36. The summed E-state index contributed by atoms with van der Waals surface area (Å²) in [5.74, 6) is 0.493. The van der Waals surface area contributed by atoms with E-state index < -0.39 is 6.04 Å². The van der Waals surface area contributed by atoms with E-state index in [4.69, 9.17) is 10.5 Å². The van der Waals surface area contributed by atoms with Crippen LogP contribution in [-0.4, -0.2) is 43.7 Å². The predicted molar refractivity (Wildman–Crippen MR) is 68.6 cm³/mol. The monoisotopic (exact) mass is 242 g/mol. The summed E-state index contributed by atoms with van der Waals surface area (Å²) in [5, 5.41) is 0. The van der Waals surface area contributed by atoms with Crippen molar-refractivity contribution in [1.82, 2.24) is 4.90 Å². The first-order valence-electron chi connectivity index (χ1n) is 6.40. The normalized spacial score (nSPS) is 23.2. The number of ether oxygens (including phenoxy) is 1. The molecule has 1 fully saturated rings. The molecule has 1 aliphatic rings. The lowest BCUT2D eigenvalue weighted by atomic mass is 9.86. The molecule has 100 valence electrons. The first-order valence-corrected chi connectivity index (χ1v) is 6.40. The number of nitrogens with two attached hydrogens (primary N) is 1. The molecule has 4 nitrogen and oxygen atoms in total. The van der Waals surface area contributed by atoms with Crippen LogP contribution in [0.3, 0.4) is 0 Å². The zero-order valence-corrected chi connectivity index (χ0v) is 11.5. The average molecular weight is 242 g/mol. The van der Waals surface area contributed by atoms with Crippen molar-refractivity contribution in [2.24, 2.45) is 17.1 Å². The van der Waals surface area contributed by atoms with Crippen molar-refractivity contribution in [2.75, 3.05) is 26.8 Å². The minimum atomic E-state index is -0.433. The molecule has 0 aromatic carbocycles. The molecular weight excluding hydrogens is 216 g/mol. The zero-order chi connectivity index (χ0) is 13.1. The van der Waals surface area contributed by atoms with Gasteiger partial charge in [-0.3, -0.25) is 4.79 Å². The van der Waals surface area contributed by atoms with Gasteiger partial charge in [-0.05, 0) is 24.2 Å². The Labute approximate surface area is 104 Å². The molecule has 0 spiro atoms. The topological polar surface area (TPSA) is 55.6 Å². The number of hydrogen-bond acceptors (Lipinski definition) is 3. The number of carbonyl (C=O) groups excluding carboxylic acids is 1. The lowest BCUT2D eigenvalue weighted by Gasteiger charge is -2.32.